The van der Waals surface area contributed by atoms with Crippen molar-refractivity contribution in [3.8, 4) is 0 Å². The van der Waals surface area contributed by atoms with Crippen LogP contribution in [-0.4, -0.2) is 25.6 Å². The summed E-state index contributed by atoms with van der Waals surface area (Å²) in [5.41, 5.74) is 0.674. The molecule has 1 rings (SSSR count). The molecule has 0 radical (unpaired) electrons. The summed E-state index contributed by atoms with van der Waals surface area (Å²) in [6.45, 7) is 8.86. The number of halogens is 3. The van der Waals surface area contributed by atoms with Crippen LogP contribution in [0.15, 0.2) is 23.2 Å². The monoisotopic (exact) mass is 427 g/mol. The van der Waals surface area contributed by atoms with E-state index in [1.165, 1.54) is 12.1 Å². The fourth-order valence-corrected chi connectivity index (χ4v) is 2.33. The number of nitrogens with zero attached hydrogens (tertiary/aromatic N) is 1. The van der Waals surface area contributed by atoms with Crippen molar-refractivity contribution < 1.29 is 4.39 Å². The standard InChI is InChI=1S/C15H23ClFN3.HI/c1-10(2)20-14(18-5)19-9-15(3,4)12-7-6-11(17)8-13(12)16;/h6-8,10H,9H2,1-5H3,(H2,18,19,20);1H. The van der Waals surface area contributed by atoms with Gasteiger partial charge in [-0.05, 0) is 31.5 Å². The summed E-state index contributed by atoms with van der Waals surface area (Å²) in [5, 5.41) is 6.94. The molecule has 1 aromatic rings. The lowest BCUT2D eigenvalue weighted by Crippen LogP contribution is -2.45. The van der Waals surface area contributed by atoms with Crippen LogP contribution in [0.4, 0.5) is 4.39 Å². The van der Waals surface area contributed by atoms with E-state index in [2.05, 4.69) is 43.3 Å². The van der Waals surface area contributed by atoms with E-state index in [1.54, 1.807) is 13.1 Å². The molecule has 120 valence electrons. The zero-order valence-electron chi connectivity index (χ0n) is 13.1. The molecule has 0 fully saturated rings. The number of guanidine groups is 1. The van der Waals surface area contributed by atoms with Crippen molar-refractivity contribution in [3.63, 3.8) is 0 Å². The minimum absolute atomic E-state index is 0. The zero-order valence-corrected chi connectivity index (χ0v) is 16.2. The Morgan fingerprint density at radius 2 is 2.00 bits per heavy atom. The first-order valence-electron chi connectivity index (χ1n) is 6.69. The first-order chi connectivity index (χ1) is 9.26. The molecule has 1 aromatic carbocycles. The van der Waals surface area contributed by atoms with Crippen LogP contribution in [0.5, 0.6) is 0 Å². The molecule has 0 bridgehead atoms. The molecule has 0 unspecified atom stereocenters. The molecule has 0 amide bonds. The van der Waals surface area contributed by atoms with E-state index in [9.17, 15) is 4.39 Å². The number of aliphatic imine (C=N–C) groups is 1. The van der Waals surface area contributed by atoms with Gasteiger partial charge in [0, 0.05) is 30.1 Å². The molecule has 2 N–H and O–H groups in total. The molecule has 0 aliphatic rings. The van der Waals surface area contributed by atoms with Crippen LogP contribution in [0.25, 0.3) is 0 Å². The van der Waals surface area contributed by atoms with Crippen LogP contribution in [0, 0.1) is 5.82 Å². The van der Waals surface area contributed by atoms with Gasteiger partial charge < -0.3 is 10.6 Å². The van der Waals surface area contributed by atoms with Crippen LogP contribution in [-0.2, 0) is 5.41 Å². The lowest BCUT2D eigenvalue weighted by atomic mass is 9.84. The fourth-order valence-electron chi connectivity index (χ4n) is 1.91. The summed E-state index contributed by atoms with van der Waals surface area (Å²) in [4.78, 5) is 4.16. The number of hydrogen-bond donors (Lipinski definition) is 2. The molecule has 3 nitrogen and oxygen atoms in total. The minimum Gasteiger partial charge on any atom is -0.356 e. The third kappa shape index (κ3) is 6.38. The average Bonchev–Trinajstić information content (AvgIpc) is 2.33. The van der Waals surface area contributed by atoms with E-state index < -0.39 is 0 Å². The molecule has 0 aromatic heterocycles. The second kappa shape index (κ2) is 8.78. The van der Waals surface area contributed by atoms with Crippen LogP contribution < -0.4 is 10.6 Å². The van der Waals surface area contributed by atoms with E-state index in [0.29, 0.717) is 17.6 Å². The number of nitrogens with one attached hydrogen (secondary N) is 2. The van der Waals surface area contributed by atoms with Crippen molar-refractivity contribution in [1.82, 2.24) is 10.6 Å². The minimum atomic E-state index is -0.320. The van der Waals surface area contributed by atoms with Gasteiger partial charge in [-0.2, -0.15) is 0 Å². The molecule has 6 heteroatoms. The van der Waals surface area contributed by atoms with Crippen LogP contribution in [0.2, 0.25) is 5.02 Å². The highest BCUT2D eigenvalue weighted by Gasteiger charge is 2.24. The highest BCUT2D eigenvalue weighted by Crippen LogP contribution is 2.29. The first kappa shape index (κ1) is 20.4. The second-order valence-electron chi connectivity index (χ2n) is 5.73. The Kier molecular flexibility index (Phi) is 8.54. The highest BCUT2D eigenvalue weighted by molar-refractivity contribution is 14.0. The molecule has 0 spiro atoms. The predicted molar refractivity (Wildman–Crippen MR) is 99.5 cm³/mol. The Hall–Kier alpha value is -0.560. The van der Waals surface area contributed by atoms with Crippen molar-refractivity contribution >= 4 is 41.5 Å². The Balaban J connectivity index is 0.00000400. The van der Waals surface area contributed by atoms with Gasteiger partial charge in [0.25, 0.3) is 0 Å². The largest absolute Gasteiger partial charge is 0.356 e. The molecule has 21 heavy (non-hydrogen) atoms. The van der Waals surface area contributed by atoms with Crippen molar-refractivity contribution in [3.05, 3.63) is 34.6 Å². The summed E-state index contributed by atoms with van der Waals surface area (Å²) < 4.78 is 13.1. The lowest BCUT2D eigenvalue weighted by Gasteiger charge is -2.28. The zero-order chi connectivity index (χ0) is 15.3. The molecule has 0 saturated heterocycles. The normalized spacial score (nSPS) is 12.1. The van der Waals surface area contributed by atoms with Gasteiger partial charge in [-0.1, -0.05) is 31.5 Å². The average molecular weight is 428 g/mol. The number of rotatable bonds is 4. The first-order valence-corrected chi connectivity index (χ1v) is 7.07. The predicted octanol–water partition coefficient (Wildman–Crippen LogP) is 3.95. The summed E-state index contributed by atoms with van der Waals surface area (Å²) in [5.74, 6) is 0.422. The molecule has 0 heterocycles. The lowest BCUT2D eigenvalue weighted by molar-refractivity contribution is 0.505. The van der Waals surface area contributed by atoms with E-state index in [1.807, 2.05) is 0 Å². The smallest absolute Gasteiger partial charge is 0.191 e. The van der Waals surface area contributed by atoms with E-state index in [0.717, 1.165) is 11.5 Å². The van der Waals surface area contributed by atoms with Gasteiger partial charge in [0.05, 0.1) is 0 Å². The van der Waals surface area contributed by atoms with E-state index in [4.69, 9.17) is 11.6 Å². The molecule has 0 aliphatic heterocycles. The van der Waals surface area contributed by atoms with Crippen LogP contribution in [0.3, 0.4) is 0 Å². The van der Waals surface area contributed by atoms with Gasteiger partial charge in [0.1, 0.15) is 5.82 Å². The Labute approximate surface area is 148 Å². The fraction of sp³-hybridized carbons (Fsp3) is 0.533. The van der Waals surface area contributed by atoms with Gasteiger partial charge in [-0.3, -0.25) is 4.99 Å². The highest BCUT2D eigenvalue weighted by atomic mass is 127. The van der Waals surface area contributed by atoms with Crippen molar-refractivity contribution in [1.29, 1.82) is 0 Å². The third-order valence-corrected chi connectivity index (χ3v) is 3.32. The molecular formula is C15H24ClFIN3. The van der Waals surface area contributed by atoms with E-state index >= 15 is 0 Å². The van der Waals surface area contributed by atoms with Gasteiger partial charge in [0.2, 0.25) is 0 Å². The van der Waals surface area contributed by atoms with Crippen molar-refractivity contribution in [2.45, 2.75) is 39.2 Å². The van der Waals surface area contributed by atoms with Crippen LogP contribution >= 0.6 is 35.6 Å². The maximum Gasteiger partial charge on any atom is 0.191 e. The van der Waals surface area contributed by atoms with E-state index in [-0.39, 0.29) is 35.2 Å². The topological polar surface area (TPSA) is 36.4 Å². The van der Waals surface area contributed by atoms with Crippen molar-refractivity contribution in [2.24, 2.45) is 4.99 Å². The second-order valence-corrected chi connectivity index (χ2v) is 6.14. The Morgan fingerprint density at radius 1 is 1.38 bits per heavy atom. The maximum atomic E-state index is 13.1. The summed E-state index contributed by atoms with van der Waals surface area (Å²) >= 11 is 6.13. The number of benzene rings is 1. The molecule has 0 atom stereocenters. The molecule has 0 saturated carbocycles. The third-order valence-electron chi connectivity index (χ3n) is 3.01. The van der Waals surface area contributed by atoms with Gasteiger partial charge in [0.15, 0.2) is 5.96 Å². The van der Waals surface area contributed by atoms with Gasteiger partial charge >= 0.3 is 0 Å². The Bertz CT molecular complexity index is 490. The van der Waals surface area contributed by atoms with Gasteiger partial charge in [-0.25, -0.2) is 4.39 Å². The summed E-state index contributed by atoms with van der Waals surface area (Å²) in [7, 11) is 1.73. The van der Waals surface area contributed by atoms with Gasteiger partial charge in [-0.15, -0.1) is 24.0 Å². The van der Waals surface area contributed by atoms with Crippen molar-refractivity contribution in [2.75, 3.05) is 13.6 Å². The van der Waals surface area contributed by atoms with Crippen LogP contribution in [0.1, 0.15) is 33.3 Å². The Morgan fingerprint density at radius 3 is 2.48 bits per heavy atom. The molecule has 0 aliphatic carbocycles. The number of hydrogen-bond acceptors (Lipinski definition) is 1. The summed E-state index contributed by atoms with van der Waals surface area (Å²) in [6, 6.07) is 4.82. The quantitative estimate of drug-likeness (QED) is 0.434. The molecular weight excluding hydrogens is 404 g/mol. The summed E-state index contributed by atoms with van der Waals surface area (Å²) in [6.07, 6.45) is 0. The SMILES string of the molecule is CN=C(NCC(C)(C)c1ccc(F)cc1Cl)NC(C)C.I. The maximum absolute atomic E-state index is 13.1.